The molecule has 0 spiro atoms. The van der Waals surface area contributed by atoms with Gasteiger partial charge in [0.2, 0.25) is 10.0 Å². The van der Waals surface area contributed by atoms with Crippen molar-refractivity contribution in [2.45, 2.75) is 31.1 Å². The summed E-state index contributed by atoms with van der Waals surface area (Å²) < 4.78 is 22.8. The molecule has 1 fully saturated rings. The highest BCUT2D eigenvalue weighted by Crippen LogP contribution is 2.29. The van der Waals surface area contributed by atoms with Crippen LogP contribution in [0.4, 0.5) is 0 Å². The van der Waals surface area contributed by atoms with E-state index in [0.717, 1.165) is 12.8 Å². The van der Waals surface area contributed by atoms with Crippen LogP contribution < -0.4 is 10.5 Å². The summed E-state index contributed by atoms with van der Waals surface area (Å²) in [6, 6.07) is 4.07. The number of hydrogen-bond acceptors (Lipinski definition) is 3. The van der Waals surface area contributed by atoms with Crippen LogP contribution in [0.5, 0.6) is 0 Å². The molecule has 7 heteroatoms. The van der Waals surface area contributed by atoms with Crippen LogP contribution in [0.3, 0.4) is 0 Å². The second-order valence-electron chi connectivity index (χ2n) is 5.68. The number of sulfonamides is 1. The van der Waals surface area contributed by atoms with Gasteiger partial charge in [0.1, 0.15) is 4.90 Å². The molecule has 0 radical (unpaired) electrons. The molecule has 1 aliphatic carbocycles. The first-order valence-corrected chi connectivity index (χ1v) is 8.80. The maximum atomic E-state index is 12.1. The Bertz CT molecular complexity index is 646. The fourth-order valence-electron chi connectivity index (χ4n) is 2.71. The Balaban J connectivity index is 2.06. The normalized spacial score (nSPS) is 22.2. The molecule has 1 amide bonds. The molecule has 2 rings (SSSR count). The van der Waals surface area contributed by atoms with E-state index in [9.17, 15) is 13.2 Å². The average molecular weight is 331 g/mol. The van der Waals surface area contributed by atoms with Gasteiger partial charge in [0, 0.05) is 12.1 Å². The lowest BCUT2D eigenvalue weighted by Crippen LogP contribution is -2.28. The maximum absolute atomic E-state index is 12.1. The summed E-state index contributed by atoms with van der Waals surface area (Å²) in [4.78, 5) is 11.9. The Hall–Kier alpha value is -1.11. The molecule has 2 atom stereocenters. The molecule has 2 unspecified atom stereocenters. The maximum Gasteiger partial charge on any atom is 0.251 e. The smallest absolute Gasteiger partial charge is 0.251 e. The van der Waals surface area contributed by atoms with Crippen LogP contribution in [0, 0.1) is 11.8 Å². The summed E-state index contributed by atoms with van der Waals surface area (Å²) >= 11 is 5.79. The minimum Gasteiger partial charge on any atom is -0.352 e. The van der Waals surface area contributed by atoms with Crippen molar-refractivity contribution in [3.63, 3.8) is 0 Å². The zero-order valence-corrected chi connectivity index (χ0v) is 13.4. The molecule has 0 bridgehead atoms. The number of rotatable bonds is 4. The number of benzene rings is 1. The second-order valence-corrected chi connectivity index (χ2v) is 7.62. The van der Waals surface area contributed by atoms with E-state index >= 15 is 0 Å². The van der Waals surface area contributed by atoms with Crippen LogP contribution in [0.25, 0.3) is 0 Å². The number of amides is 1. The van der Waals surface area contributed by atoms with Crippen molar-refractivity contribution < 1.29 is 13.2 Å². The number of hydrogen-bond donors (Lipinski definition) is 2. The molecule has 1 aliphatic rings. The lowest BCUT2D eigenvalue weighted by molar-refractivity contribution is 0.0947. The highest BCUT2D eigenvalue weighted by atomic mass is 35.5. The molecule has 116 valence electrons. The molecular formula is C14H19ClN2O3S. The molecule has 3 N–H and O–H groups in total. The van der Waals surface area contributed by atoms with Gasteiger partial charge in [-0.2, -0.15) is 0 Å². The summed E-state index contributed by atoms with van der Waals surface area (Å²) in [6.45, 7) is 2.82. The van der Waals surface area contributed by atoms with Gasteiger partial charge in [-0.15, -0.1) is 0 Å². The van der Waals surface area contributed by atoms with Crippen LogP contribution >= 0.6 is 11.6 Å². The topological polar surface area (TPSA) is 89.3 Å². The van der Waals surface area contributed by atoms with Crippen LogP contribution in [0.2, 0.25) is 5.02 Å². The molecule has 0 heterocycles. The van der Waals surface area contributed by atoms with Gasteiger partial charge in [-0.3, -0.25) is 4.79 Å². The lowest BCUT2D eigenvalue weighted by Gasteiger charge is -2.12. The molecule has 1 aromatic rings. The quantitative estimate of drug-likeness (QED) is 0.886. The Morgan fingerprint density at radius 2 is 2.14 bits per heavy atom. The third-order valence-corrected chi connectivity index (χ3v) is 5.25. The third-order valence-electron chi connectivity index (χ3n) is 3.85. The van der Waals surface area contributed by atoms with E-state index in [1.807, 2.05) is 0 Å². The predicted octanol–water partition coefficient (Wildman–Crippen LogP) is 2.15. The van der Waals surface area contributed by atoms with E-state index in [-0.39, 0.29) is 21.4 Å². The number of nitrogens with two attached hydrogens (primary N) is 1. The Morgan fingerprint density at radius 3 is 2.71 bits per heavy atom. The first-order chi connectivity index (χ1) is 9.77. The van der Waals surface area contributed by atoms with Gasteiger partial charge in [0.15, 0.2) is 0 Å². The molecule has 0 aliphatic heterocycles. The Kier molecular flexibility index (Phi) is 4.91. The van der Waals surface area contributed by atoms with Gasteiger partial charge >= 0.3 is 0 Å². The number of carbonyl (C=O) groups excluding carboxylic acids is 1. The minimum absolute atomic E-state index is 0.0127. The van der Waals surface area contributed by atoms with Crippen molar-refractivity contribution in [3.05, 3.63) is 28.8 Å². The van der Waals surface area contributed by atoms with Gasteiger partial charge in [-0.1, -0.05) is 24.9 Å². The van der Waals surface area contributed by atoms with Crippen molar-refractivity contribution in [1.82, 2.24) is 5.32 Å². The van der Waals surface area contributed by atoms with Gasteiger partial charge in [0.25, 0.3) is 5.91 Å². The van der Waals surface area contributed by atoms with Crippen molar-refractivity contribution in [1.29, 1.82) is 0 Å². The van der Waals surface area contributed by atoms with E-state index in [2.05, 4.69) is 12.2 Å². The Labute approximate surface area is 129 Å². The number of carbonyl (C=O) groups is 1. The molecule has 0 aromatic heterocycles. The summed E-state index contributed by atoms with van der Waals surface area (Å²) in [5, 5.41) is 7.93. The van der Waals surface area contributed by atoms with Crippen LogP contribution in [0.1, 0.15) is 36.5 Å². The summed E-state index contributed by atoms with van der Waals surface area (Å²) in [7, 11) is -3.94. The lowest BCUT2D eigenvalue weighted by atomic mass is 10.1. The van der Waals surface area contributed by atoms with Crippen molar-refractivity contribution in [2.75, 3.05) is 6.54 Å². The van der Waals surface area contributed by atoms with Crippen molar-refractivity contribution >= 4 is 27.5 Å². The number of primary sulfonamides is 1. The van der Waals surface area contributed by atoms with E-state index in [0.29, 0.717) is 18.4 Å². The highest BCUT2D eigenvalue weighted by Gasteiger charge is 2.22. The van der Waals surface area contributed by atoms with Crippen molar-refractivity contribution in [2.24, 2.45) is 17.0 Å². The van der Waals surface area contributed by atoms with E-state index < -0.39 is 10.0 Å². The zero-order valence-electron chi connectivity index (χ0n) is 11.8. The number of nitrogens with one attached hydrogen (secondary N) is 1. The fourth-order valence-corrected chi connectivity index (χ4v) is 3.78. The molecular weight excluding hydrogens is 312 g/mol. The molecule has 1 saturated carbocycles. The van der Waals surface area contributed by atoms with E-state index in [1.54, 1.807) is 0 Å². The largest absolute Gasteiger partial charge is 0.352 e. The Morgan fingerprint density at radius 1 is 1.43 bits per heavy atom. The molecule has 21 heavy (non-hydrogen) atoms. The van der Waals surface area contributed by atoms with Gasteiger partial charge < -0.3 is 5.32 Å². The van der Waals surface area contributed by atoms with Crippen LogP contribution in [-0.4, -0.2) is 20.9 Å². The van der Waals surface area contributed by atoms with Crippen LogP contribution in [0.15, 0.2) is 23.1 Å². The summed E-state index contributed by atoms with van der Waals surface area (Å²) in [6.07, 6.45) is 3.42. The second kappa shape index (κ2) is 6.34. The SMILES string of the molecule is CC1CCC(CNC(=O)c2ccc(Cl)c(S(N)(=O)=O)c2)C1. The average Bonchev–Trinajstić information content (AvgIpc) is 2.81. The monoisotopic (exact) mass is 330 g/mol. The molecule has 5 nitrogen and oxygen atoms in total. The highest BCUT2D eigenvalue weighted by molar-refractivity contribution is 7.89. The standard InChI is InChI=1S/C14H19ClN2O3S/c1-9-2-3-10(6-9)8-17-14(18)11-4-5-12(15)13(7-11)21(16,19)20/h4-5,7,9-10H,2-3,6,8H2,1H3,(H,17,18)(H2,16,19,20). The summed E-state index contributed by atoms with van der Waals surface area (Å²) in [5.74, 6) is 0.890. The fraction of sp³-hybridized carbons (Fsp3) is 0.500. The molecule has 0 saturated heterocycles. The van der Waals surface area contributed by atoms with E-state index in [4.69, 9.17) is 16.7 Å². The van der Waals surface area contributed by atoms with Crippen LogP contribution in [-0.2, 0) is 10.0 Å². The third kappa shape index (κ3) is 4.18. The number of halogens is 1. The predicted molar refractivity (Wildman–Crippen MR) is 81.7 cm³/mol. The van der Waals surface area contributed by atoms with E-state index in [1.165, 1.54) is 24.6 Å². The van der Waals surface area contributed by atoms with Crippen molar-refractivity contribution in [3.8, 4) is 0 Å². The summed E-state index contributed by atoms with van der Waals surface area (Å²) in [5.41, 5.74) is 0.245. The van der Waals surface area contributed by atoms with Gasteiger partial charge in [-0.05, 0) is 42.9 Å². The first kappa shape index (κ1) is 16.3. The minimum atomic E-state index is -3.94. The zero-order chi connectivity index (χ0) is 15.6. The van der Waals surface area contributed by atoms with Gasteiger partial charge in [-0.25, -0.2) is 13.6 Å². The molecule has 1 aromatic carbocycles. The first-order valence-electron chi connectivity index (χ1n) is 6.88. The van der Waals surface area contributed by atoms with Gasteiger partial charge in [0.05, 0.1) is 5.02 Å².